The van der Waals surface area contributed by atoms with Crippen LogP contribution in [0.15, 0.2) is 73.0 Å². The molecule has 0 spiro atoms. The Morgan fingerprint density at radius 2 is 1.64 bits per heavy atom. The average Bonchev–Trinajstić information content (AvgIpc) is 3.99. The summed E-state index contributed by atoms with van der Waals surface area (Å²) in [6, 6.07) is 12.0. The van der Waals surface area contributed by atoms with Crippen LogP contribution in [0.3, 0.4) is 0 Å². The Morgan fingerprint density at radius 1 is 0.944 bits per heavy atom. The number of fused-ring (bicyclic) bond motifs is 1. The number of aliphatic hydroxyl groups excluding tert-OH is 1. The summed E-state index contributed by atoms with van der Waals surface area (Å²) in [6.07, 6.45) is 8.99. The number of unbranched alkanes of at least 4 members (excludes halogenated alkanes) is 7. The molecule has 0 radical (unpaired) electrons. The largest absolute Gasteiger partial charge is 0.493 e. The van der Waals surface area contributed by atoms with Crippen molar-refractivity contribution in [1.82, 2.24) is 35.4 Å². The first kappa shape index (κ1) is 53.8. The molecule has 3 aromatic carbocycles. The van der Waals surface area contributed by atoms with Gasteiger partial charge in [0.2, 0.25) is 23.6 Å². The Balaban J connectivity index is 0.818. The number of β-amino-alcohol motifs (C(OH)–C–C–N with tert-alkyl or cyclic N) is 1. The maximum Gasteiger partial charge on any atom is 0.246 e. The number of hydrogen-bond donors (Lipinski definition) is 3. The average molecular weight is 1030 g/mol. The van der Waals surface area contributed by atoms with Gasteiger partial charge in [0, 0.05) is 63.1 Å². The van der Waals surface area contributed by atoms with E-state index in [1.165, 1.54) is 29.4 Å². The van der Waals surface area contributed by atoms with Gasteiger partial charge in [0.15, 0.2) is 5.82 Å². The first-order chi connectivity index (χ1) is 34.5. The number of aromatic nitrogens is 3. The van der Waals surface area contributed by atoms with E-state index in [0.29, 0.717) is 56.8 Å². The van der Waals surface area contributed by atoms with Crippen LogP contribution in [0.25, 0.3) is 32.5 Å². The molecule has 3 N–H and O–H groups in total. The maximum absolute atomic E-state index is 16.4. The lowest BCUT2D eigenvalue weighted by molar-refractivity contribution is -0.144. The molecule has 2 fully saturated rings. The van der Waals surface area contributed by atoms with E-state index in [-0.39, 0.29) is 71.1 Å². The van der Waals surface area contributed by atoms with E-state index in [0.717, 1.165) is 60.2 Å². The highest BCUT2D eigenvalue weighted by molar-refractivity contribution is 7.13. The van der Waals surface area contributed by atoms with Crippen LogP contribution < -0.4 is 20.3 Å². The fraction of sp³-hybridized carbons (Fsp3) is 0.463. The summed E-state index contributed by atoms with van der Waals surface area (Å²) in [5.74, 6) is -1.95. The first-order valence-electron chi connectivity index (χ1n) is 24.8. The summed E-state index contributed by atoms with van der Waals surface area (Å²) in [5, 5.41) is 16.9. The number of aliphatic hydroxyl groups is 1. The van der Waals surface area contributed by atoms with E-state index in [4.69, 9.17) is 16.3 Å². The SMILES string of the molecule is C=CC(=O)N1CCN(c2ncnc3c(F)c(-c4c(F)cccc4OCCCCCCCCCCC(=O)N[C@H](C(=O)N4C[C@H](O)C[C@H]4C(=O)NCc4ccc(-c5scnc5C)cc4)C(C)(C)C)c(Cl)cc23)CC1. The van der Waals surface area contributed by atoms with Crippen LogP contribution in [-0.2, 0) is 25.7 Å². The molecule has 2 saturated heterocycles. The van der Waals surface area contributed by atoms with Crippen LogP contribution in [0.2, 0.25) is 5.02 Å². The molecule has 384 valence electrons. The monoisotopic (exact) mass is 1030 g/mol. The maximum atomic E-state index is 16.4. The Hall–Kier alpha value is -6.04. The minimum atomic E-state index is -0.887. The van der Waals surface area contributed by atoms with Crippen molar-refractivity contribution in [3.8, 4) is 27.3 Å². The van der Waals surface area contributed by atoms with Gasteiger partial charge in [-0.25, -0.2) is 23.7 Å². The van der Waals surface area contributed by atoms with Gasteiger partial charge in [-0.15, -0.1) is 11.3 Å². The number of benzene rings is 3. The summed E-state index contributed by atoms with van der Waals surface area (Å²) < 4.78 is 38.0. The van der Waals surface area contributed by atoms with Crippen molar-refractivity contribution in [3.05, 3.63) is 101 Å². The van der Waals surface area contributed by atoms with Crippen molar-refractivity contribution in [2.45, 2.75) is 117 Å². The summed E-state index contributed by atoms with van der Waals surface area (Å²) >= 11 is 8.30. The number of nitrogens with one attached hydrogen (secondary N) is 2. The van der Waals surface area contributed by atoms with Crippen LogP contribution >= 0.6 is 22.9 Å². The van der Waals surface area contributed by atoms with Crippen molar-refractivity contribution in [2.24, 2.45) is 5.41 Å². The number of halogens is 3. The van der Waals surface area contributed by atoms with Crippen LogP contribution in [0.1, 0.15) is 96.2 Å². The molecule has 0 aliphatic carbocycles. The number of anilines is 1. The molecule has 4 heterocycles. The zero-order valence-electron chi connectivity index (χ0n) is 41.5. The molecule has 14 nitrogen and oxygen atoms in total. The van der Waals surface area contributed by atoms with Crippen molar-refractivity contribution >= 4 is 63.3 Å². The highest BCUT2D eigenvalue weighted by Gasteiger charge is 2.44. The zero-order chi connectivity index (χ0) is 51.5. The van der Waals surface area contributed by atoms with E-state index < -0.39 is 41.1 Å². The molecule has 0 unspecified atom stereocenters. The fourth-order valence-corrected chi connectivity index (χ4v) is 10.5. The number of nitrogens with zero attached hydrogens (tertiary/aromatic N) is 6. The molecule has 2 aromatic heterocycles. The number of likely N-dealkylation sites (tertiary alicyclic amines) is 1. The Bertz CT molecular complexity index is 2730. The molecule has 2 aliphatic heterocycles. The Morgan fingerprint density at radius 3 is 2.31 bits per heavy atom. The molecule has 0 saturated carbocycles. The molecule has 4 amide bonds. The lowest BCUT2D eigenvalue weighted by atomic mass is 9.85. The lowest BCUT2D eigenvalue weighted by Gasteiger charge is -2.35. The predicted molar refractivity (Wildman–Crippen MR) is 278 cm³/mol. The third-order valence-corrected chi connectivity index (χ3v) is 14.6. The smallest absolute Gasteiger partial charge is 0.246 e. The highest BCUT2D eigenvalue weighted by Crippen LogP contribution is 2.43. The second kappa shape index (κ2) is 24.6. The van der Waals surface area contributed by atoms with E-state index in [9.17, 15) is 24.3 Å². The number of ether oxygens (including phenoxy) is 1. The zero-order valence-corrected chi connectivity index (χ0v) is 43.1. The quantitative estimate of drug-likeness (QED) is 0.0476. The summed E-state index contributed by atoms with van der Waals surface area (Å²) in [7, 11) is 0. The van der Waals surface area contributed by atoms with Crippen molar-refractivity contribution in [1.29, 1.82) is 0 Å². The number of carbonyl (C=O) groups excluding carboxylic acids is 4. The first-order valence-corrected chi connectivity index (χ1v) is 26.1. The number of piperazine rings is 1. The van der Waals surface area contributed by atoms with Gasteiger partial charge < -0.3 is 35.2 Å². The number of thiazole rings is 1. The molecular weight excluding hydrogens is 962 g/mol. The van der Waals surface area contributed by atoms with Gasteiger partial charge in [-0.05, 0) is 60.6 Å². The Labute approximate surface area is 429 Å². The molecule has 72 heavy (non-hydrogen) atoms. The lowest BCUT2D eigenvalue weighted by Crippen LogP contribution is -2.57. The number of aryl methyl sites for hydroxylation is 1. The minimum Gasteiger partial charge on any atom is -0.493 e. The molecule has 3 atom stereocenters. The normalized spacial score (nSPS) is 16.5. The standard InChI is InChI=1S/C54H65ClF2N8O6S/c1-6-44(68)63-23-25-64(26-24-63)51-38-29-39(55)45(47(57)48(38)59-32-60-51)46-40(56)16-15-17-42(46)71-27-14-12-10-8-7-9-11-13-18-43(67)62-50(54(3,4)5)53(70)65-31-37(66)28-41(65)52(69)58-30-35-19-21-36(22-20-35)49-34(2)61-33-72-49/h6,15-17,19-22,29,32-33,37,41,50,66H,1,7-14,18,23-28,30-31H2,2-5H3,(H,58,69)(H,62,67)/t37-,41+,50-/m1/s1. The predicted octanol–water partition coefficient (Wildman–Crippen LogP) is 9.19. The Kier molecular flexibility index (Phi) is 18.4. The number of hydrogen-bond acceptors (Lipinski definition) is 11. The van der Waals surface area contributed by atoms with Gasteiger partial charge in [-0.1, -0.05) is 108 Å². The molecule has 5 aromatic rings. The van der Waals surface area contributed by atoms with Crippen molar-refractivity contribution in [3.63, 3.8) is 0 Å². The summed E-state index contributed by atoms with van der Waals surface area (Å²) in [4.78, 5) is 71.9. The van der Waals surface area contributed by atoms with Crippen LogP contribution in [0, 0.1) is 24.0 Å². The van der Waals surface area contributed by atoms with E-state index in [1.807, 2.05) is 62.4 Å². The van der Waals surface area contributed by atoms with E-state index in [2.05, 4.69) is 32.2 Å². The molecule has 0 bridgehead atoms. The molecular formula is C54H65ClF2N8O6S. The third kappa shape index (κ3) is 13.1. The van der Waals surface area contributed by atoms with E-state index in [1.54, 1.807) is 28.4 Å². The van der Waals surface area contributed by atoms with Crippen LogP contribution in [0.4, 0.5) is 14.6 Å². The van der Waals surface area contributed by atoms with Gasteiger partial charge in [0.05, 0.1) is 39.4 Å². The van der Waals surface area contributed by atoms with Crippen molar-refractivity contribution in [2.75, 3.05) is 44.2 Å². The number of rotatable bonds is 21. The van der Waals surface area contributed by atoms with Crippen LogP contribution in [-0.4, -0.2) is 111 Å². The number of carbonyl (C=O) groups is 4. The second-order valence-electron chi connectivity index (χ2n) is 19.6. The fourth-order valence-electron chi connectivity index (χ4n) is 9.38. The number of amides is 4. The molecule has 2 aliphatic rings. The van der Waals surface area contributed by atoms with Gasteiger partial charge in [-0.2, -0.15) is 0 Å². The van der Waals surface area contributed by atoms with Gasteiger partial charge in [0.1, 0.15) is 41.3 Å². The minimum absolute atomic E-state index is 0.00263. The van der Waals surface area contributed by atoms with Crippen molar-refractivity contribution < 1.29 is 37.8 Å². The molecule has 7 rings (SSSR count). The van der Waals surface area contributed by atoms with Gasteiger partial charge in [-0.3, -0.25) is 19.2 Å². The van der Waals surface area contributed by atoms with Gasteiger partial charge >= 0.3 is 0 Å². The third-order valence-electron chi connectivity index (χ3n) is 13.4. The van der Waals surface area contributed by atoms with E-state index >= 15 is 8.78 Å². The van der Waals surface area contributed by atoms with Crippen LogP contribution in [0.5, 0.6) is 5.75 Å². The summed E-state index contributed by atoms with van der Waals surface area (Å²) in [5.41, 5.74) is 3.85. The molecule has 18 heteroatoms. The summed E-state index contributed by atoms with van der Waals surface area (Å²) in [6.45, 7) is 13.5. The second-order valence-corrected chi connectivity index (χ2v) is 20.9. The van der Waals surface area contributed by atoms with Gasteiger partial charge in [0.25, 0.3) is 0 Å². The topological polar surface area (TPSA) is 170 Å². The highest BCUT2D eigenvalue weighted by atomic mass is 35.5.